The van der Waals surface area contributed by atoms with E-state index in [4.69, 9.17) is 11.5 Å². The van der Waals surface area contributed by atoms with Crippen LogP contribution in [0.25, 0.3) is 10.8 Å². The molecule has 0 unspecified atom stereocenters. The summed E-state index contributed by atoms with van der Waals surface area (Å²) < 4.78 is 0. The summed E-state index contributed by atoms with van der Waals surface area (Å²) in [5.41, 5.74) is 12.0. The molecule has 0 radical (unpaired) electrons. The van der Waals surface area contributed by atoms with E-state index in [0.717, 1.165) is 10.3 Å². The van der Waals surface area contributed by atoms with Gasteiger partial charge in [-0.1, -0.05) is 24.3 Å². The van der Waals surface area contributed by atoms with Gasteiger partial charge >= 0.3 is 0 Å². The van der Waals surface area contributed by atoms with E-state index in [0.29, 0.717) is 16.5 Å². The van der Waals surface area contributed by atoms with Crippen molar-refractivity contribution < 1.29 is 9.59 Å². The normalized spacial score (nSPS) is 13.4. The van der Waals surface area contributed by atoms with Crippen LogP contribution in [0.3, 0.4) is 0 Å². The van der Waals surface area contributed by atoms with Gasteiger partial charge in [-0.05, 0) is 17.5 Å². The Labute approximate surface area is 141 Å². The molecule has 9 nitrogen and oxygen atoms in total. The monoisotopic (exact) mass is 335 g/mol. The molecule has 0 atom stereocenters. The van der Waals surface area contributed by atoms with Crippen molar-refractivity contribution in [3.63, 3.8) is 0 Å². The number of nitrogens with one attached hydrogen (secondary N) is 1. The molecular weight excluding hydrogens is 322 g/mol. The molecule has 1 aliphatic rings. The molecule has 124 valence electrons. The van der Waals surface area contributed by atoms with Crippen molar-refractivity contribution in [2.45, 2.75) is 0 Å². The zero-order valence-electron chi connectivity index (χ0n) is 12.9. The average Bonchev–Trinajstić information content (AvgIpc) is 2.58. The molecule has 4 rings (SSSR count). The predicted octanol–water partition coefficient (Wildman–Crippen LogP) is 0.855. The van der Waals surface area contributed by atoms with Gasteiger partial charge in [0.2, 0.25) is 17.8 Å². The summed E-state index contributed by atoms with van der Waals surface area (Å²) in [6, 6.07) is 10.7. The van der Waals surface area contributed by atoms with Crippen LogP contribution in [-0.2, 0) is 0 Å². The van der Waals surface area contributed by atoms with E-state index < -0.39 is 11.8 Å². The molecule has 25 heavy (non-hydrogen) atoms. The summed E-state index contributed by atoms with van der Waals surface area (Å²) in [6.45, 7) is -0.120. The highest BCUT2D eigenvalue weighted by atomic mass is 16.2. The van der Waals surface area contributed by atoms with Crippen LogP contribution in [0.5, 0.6) is 0 Å². The Hall–Kier alpha value is -3.75. The summed E-state index contributed by atoms with van der Waals surface area (Å²) in [7, 11) is 0. The molecule has 0 bridgehead atoms. The lowest BCUT2D eigenvalue weighted by Crippen LogP contribution is -2.43. The van der Waals surface area contributed by atoms with Crippen molar-refractivity contribution in [1.29, 1.82) is 0 Å². The van der Waals surface area contributed by atoms with Crippen LogP contribution in [0.1, 0.15) is 20.7 Å². The molecule has 9 heteroatoms. The smallest absolute Gasteiger partial charge is 0.262 e. The highest BCUT2D eigenvalue weighted by Gasteiger charge is 2.32. The molecule has 2 heterocycles. The fraction of sp³-hybridized carbons (Fsp3) is 0.0625. The van der Waals surface area contributed by atoms with Gasteiger partial charge in [0, 0.05) is 16.5 Å². The minimum absolute atomic E-state index is 0.0542. The molecule has 2 aromatic carbocycles. The van der Waals surface area contributed by atoms with Gasteiger partial charge in [0.15, 0.2) is 0 Å². The Kier molecular flexibility index (Phi) is 3.21. The molecule has 1 aromatic heterocycles. The first kappa shape index (κ1) is 14.8. The minimum atomic E-state index is -0.392. The molecule has 0 aliphatic carbocycles. The summed E-state index contributed by atoms with van der Waals surface area (Å²) >= 11 is 0. The first-order valence-electron chi connectivity index (χ1n) is 7.43. The molecule has 0 saturated carbocycles. The Morgan fingerprint density at radius 2 is 1.44 bits per heavy atom. The number of carbonyl (C=O) groups excluding carboxylic acids is 2. The van der Waals surface area contributed by atoms with Crippen molar-refractivity contribution in [3.05, 3.63) is 47.5 Å². The Morgan fingerprint density at radius 1 is 0.880 bits per heavy atom. The maximum Gasteiger partial charge on any atom is 0.262 e. The van der Waals surface area contributed by atoms with Crippen LogP contribution >= 0.6 is 0 Å². The fourth-order valence-corrected chi connectivity index (χ4v) is 2.86. The summed E-state index contributed by atoms with van der Waals surface area (Å²) in [6.07, 6.45) is 0. The fourth-order valence-electron chi connectivity index (χ4n) is 2.86. The number of nitrogen functional groups attached to an aromatic ring is 2. The van der Waals surface area contributed by atoms with Crippen LogP contribution in [-0.4, -0.2) is 38.3 Å². The third-order valence-corrected chi connectivity index (χ3v) is 3.92. The van der Waals surface area contributed by atoms with Gasteiger partial charge in [0.1, 0.15) is 6.67 Å². The van der Waals surface area contributed by atoms with Crippen molar-refractivity contribution in [2.75, 3.05) is 23.5 Å². The van der Waals surface area contributed by atoms with Gasteiger partial charge in [-0.25, -0.2) is 0 Å². The van der Waals surface area contributed by atoms with E-state index in [2.05, 4.69) is 20.3 Å². The Balaban J connectivity index is 1.68. The third kappa shape index (κ3) is 2.38. The molecule has 5 N–H and O–H groups in total. The third-order valence-electron chi connectivity index (χ3n) is 3.92. The van der Waals surface area contributed by atoms with Gasteiger partial charge in [-0.15, -0.1) is 0 Å². The zero-order chi connectivity index (χ0) is 17.6. The second kappa shape index (κ2) is 5.41. The standard InChI is InChI=1S/C16H13N7O2/c17-14-20-15(18)22-16(21-14)19-7-23-12(24)9-5-1-3-8-4-2-6-10(11(8)9)13(23)25/h1-6H,7H2,(H5,17,18,19,20,21,22). The number of anilines is 3. The van der Waals surface area contributed by atoms with Crippen molar-refractivity contribution >= 4 is 40.4 Å². The van der Waals surface area contributed by atoms with Crippen molar-refractivity contribution in [3.8, 4) is 0 Å². The quantitative estimate of drug-likeness (QED) is 0.598. The van der Waals surface area contributed by atoms with E-state index in [-0.39, 0.29) is 24.5 Å². The minimum Gasteiger partial charge on any atom is -0.368 e. The lowest BCUT2D eigenvalue weighted by atomic mass is 9.94. The number of nitrogens with two attached hydrogens (primary N) is 2. The first-order valence-corrected chi connectivity index (χ1v) is 7.43. The number of nitrogens with zero attached hydrogens (tertiary/aromatic N) is 4. The first-order chi connectivity index (χ1) is 12.0. The number of carbonyl (C=O) groups is 2. The molecule has 0 fully saturated rings. The van der Waals surface area contributed by atoms with E-state index >= 15 is 0 Å². The Morgan fingerprint density at radius 3 is 2.00 bits per heavy atom. The van der Waals surface area contributed by atoms with Gasteiger partial charge in [-0.3, -0.25) is 14.5 Å². The predicted molar refractivity (Wildman–Crippen MR) is 91.6 cm³/mol. The second-order valence-electron chi connectivity index (χ2n) is 5.46. The number of hydrogen-bond acceptors (Lipinski definition) is 8. The molecule has 1 aliphatic heterocycles. The molecule has 3 aromatic rings. The maximum atomic E-state index is 12.7. The lowest BCUT2D eigenvalue weighted by molar-refractivity contribution is 0.0622. The van der Waals surface area contributed by atoms with E-state index in [1.165, 1.54) is 0 Å². The maximum absolute atomic E-state index is 12.7. The number of aromatic nitrogens is 3. The Bertz CT molecular complexity index is 963. The molecule has 0 saturated heterocycles. The summed E-state index contributed by atoms with van der Waals surface area (Å²) in [5.74, 6) is -0.806. The molecule has 0 spiro atoms. The highest BCUT2D eigenvalue weighted by molar-refractivity contribution is 6.25. The van der Waals surface area contributed by atoms with Crippen molar-refractivity contribution in [2.24, 2.45) is 0 Å². The number of amides is 2. The van der Waals surface area contributed by atoms with Crippen LogP contribution < -0.4 is 16.8 Å². The summed E-state index contributed by atoms with van der Waals surface area (Å²) in [5, 5.41) is 4.30. The van der Waals surface area contributed by atoms with E-state index in [1.807, 2.05) is 12.1 Å². The van der Waals surface area contributed by atoms with Crippen LogP contribution in [0.2, 0.25) is 0 Å². The van der Waals surface area contributed by atoms with E-state index in [1.54, 1.807) is 24.3 Å². The van der Waals surface area contributed by atoms with Crippen LogP contribution in [0.15, 0.2) is 36.4 Å². The van der Waals surface area contributed by atoms with Gasteiger partial charge in [0.25, 0.3) is 11.8 Å². The van der Waals surface area contributed by atoms with Gasteiger partial charge in [0.05, 0.1) is 0 Å². The zero-order valence-corrected chi connectivity index (χ0v) is 12.9. The number of hydrogen-bond donors (Lipinski definition) is 3. The number of rotatable bonds is 3. The SMILES string of the molecule is Nc1nc(N)nc(NCN2C(=O)c3cccc4cccc(c34)C2=O)n1. The van der Waals surface area contributed by atoms with Crippen LogP contribution in [0.4, 0.5) is 17.8 Å². The number of benzene rings is 2. The topological polar surface area (TPSA) is 140 Å². The molecule has 2 amide bonds. The lowest BCUT2D eigenvalue weighted by Gasteiger charge is -2.27. The summed E-state index contributed by atoms with van der Waals surface area (Å²) in [4.78, 5) is 37.9. The average molecular weight is 335 g/mol. The molecular formula is C16H13N7O2. The second-order valence-corrected chi connectivity index (χ2v) is 5.46. The number of imide groups is 1. The van der Waals surface area contributed by atoms with Crippen LogP contribution in [0, 0.1) is 0 Å². The van der Waals surface area contributed by atoms with Crippen molar-refractivity contribution in [1.82, 2.24) is 19.9 Å². The van der Waals surface area contributed by atoms with Gasteiger partial charge < -0.3 is 16.8 Å². The largest absolute Gasteiger partial charge is 0.368 e. The van der Waals surface area contributed by atoms with Gasteiger partial charge in [-0.2, -0.15) is 15.0 Å². The highest BCUT2D eigenvalue weighted by Crippen LogP contribution is 2.29. The van der Waals surface area contributed by atoms with E-state index in [9.17, 15) is 9.59 Å².